The van der Waals surface area contributed by atoms with Gasteiger partial charge in [0.05, 0.1) is 9.85 Å². The van der Waals surface area contributed by atoms with Gasteiger partial charge in [-0.2, -0.15) is 0 Å². The van der Waals surface area contributed by atoms with Crippen molar-refractivity contribution in [1.29, 1.82) is 0 Å². The van der Waals surface area contributed by atoms with E-state index in [1.165, 1.54) is 18.2 Å². The van der Waals surface area contributed by atoms with Crippen LogP contribution in [0.3, 0.4) is 0 Å². The molecule has 0 unspecified atom stereocenters. The summed E-state index contributed by atoms with van der Waals surface area (Å²) in [5, 5.41) is 24.6. The summed E-state index contributed by atoms with van der Waals surface area (Å²) in [5.74, 6) is 0.0955. The molecule has 0 saturated carbocycles. The van der Waals surface area contributed by atoms with Gasteiger partial charge in [0.25, 0.3) is 5.69 Å². The van der Waals surface area contributed by atoms with Crippen LogP contribution >= 0.6 is 0 Å². The van der Waals surface area contributed by atoms with Crippen LogP contribution in [0.5, 0.6) is 0 Å². The van der Waals surface area contributed by atoms with E-state index in [9.17, 15) is 20.2 Å². The van der Waals surface area contributed by atoms with Crippen molar-refractivity contribution in [2.75, 3.05) is 5.32 Å². The number of nitro benzene ring substituents is 1. The molecule has 1 heterocycles. The SMILES string of the molecule is Cc1ccc([N+](=O)[O-])c(NCc2ccccc2[N+](=O)[O-])n1. The Hall–Kier alpha value is -3.03. The van der Waals surface area contributed by atoms with E-state index >= 15 is 0 Å². The standard InChI is InChI=1S/C13H12N4O4/c1-9-6-7-12(17(20)21)13(15-9)14-8-10-4-2-3-5-11(10)16(18)19/h2-7H,8H2,1H3,(H,14,15). The summed E-state index contributed by atoms with van der Waals surface area (Å²) in [7, 11) is 0. The number of para-hydroxylation sites is 1. The first-order valence-corrected chi connectivity index (χ1v) is 6.07. The topological polar surface area (TPSA) is 111 Å². The zero-order chi connectivity index (χ0) is 15.4. The van der Waals surface area contributed by atoms with Crippen molar-refractivity contribution in [1.82, 2.24) is 4.98 Å². The lowest BCUT2D eigenvalue weighted by Crippen LogP contribution is -2.07. The molecular weight excluding hydrogens is 276 g/mol. The van der Waals surface area contributed by atoms with Crippen molar-refractivity contribution in [3.05, 3.63) is 67.9 Å². The van der Waals surface area contributed by atoms with Crippen LogP contribution in [0.1, 0.15) is 11.3 Å². The lowest BCUT2D eigenvalue weighted by Gasteiger charge is -2.07. The van der Waals surface area contributed by atoms with Gasteiger partial charge in [-0.15, -0.1) is 0 Å². The minimum Gasteiger partial charge on any atom is -0.360 e. The molecule has 8 nitrogen and oxygen atoms in total. The Morgan fingerprint density at radius 3 is 2.38 bits per heavy atom. The van der Waals surface area contributed by atoms with Crippen molar-refractivity contribution >= 4 is 17.2 Å². The van der Waals surface area contributed by atoms with E-state index in [4.69, 9.17) is 0 Å². The highest BCUT2D eigenvalue weighted by Crippen LogP contribution is 2.24. The lowest BCUT2D eigenvalue weighted by molar-refractivity contribution is -0.385. The second-order valence-corrected chi connectivity index (χ2v) is 4.32. The van der Waals surface area contributed by atoms with Crippen LogP contribution in [0.25, 0.3) is 0 Å². The highest BCUT2D eigenvalue weighted by atomic mass is 16.6. The maximum Gasteiger partial charge on any atom is 0.311 e. The molecule has 0 fully saturated rings. The van der Waals surface area contributed by atoms with Gasteiger partial charge >= 0.3 is 5.69 Å². The third-order valence-electron chi connectivity index (χ3n) is 2.84. The Labute approximate surface area is 119 Å². The number of hydrogen-bond donors (Lipinski definition) is 1. The molecule has 0 amide bonds. The van der Waals surface area contributed by atoms with E-state index in [1.54, 1.807) is 25.1 Å². The van der Waals surface area contributed by atoms with Crippen molar-refractivity contribution in [3.8, 4) is 0 Å². The third kappa shape index (κ3) is 3.30. The molecule has 1 aromatic carbocycles. The van der Waals surface area contributed by atoms with E-state index in [2.05, 4.69) is 10.3 Å². The molecule has 0 aliphatic rings. The summed E-state index contributed by atoms with van der Waals surface area (Å²) in [4.78, 5) is 24.9. The molecular formula is C13H12N4O4. The lowest BCUT2D eigenvalue weighted by atomic mass is 10.2. The number of rotatable bonds is 5. The highest BCUT2D eigenvalue weighted by molar-refractivity contribution is 5.57. The maximum atomic E-state index is 10.9. The summed E-state index contributed by atoms with van der Waals surface area (Å²) in [6.07, 6.45) is 0. The van der Waals surface area contributed by atoms with E-state index in [1.807, 2.05) is 0 Å². The maximum absolute atomic E-state index is 10.9. The Balaban J connectivity index is 2.27. The number of pyridine rings is 1. The fourth-order valence-electron chi connectivity index (χ4n) is 1.84. The number of aromatic nitrogens is 1. The molecule has 2 aromatic rings. The van der Waals surface area contributed by atoms with E-state index < -0.39 is 9.85 Å². The molecule has 21 heavy (non-hydrogen) atoms. The molecule has 0 bridgehead atoms. The van der Waals surface area contributed by atoms with Gasteiger partial charge in [-0.25, -0.2) is 4.98 Å². The Kier molecular flexibility index (Phi) is 4.07. The number of nitrogens with one attached hydrogen (secondary N) is 1. The Morgan fingerprint density at radius 2 is 1.71 bits per heavy atom. The summed E-state index contributed by atoms with van der Waals surface area (Å²) in [6.45, 7) is 1.79. The smallest absolute Gasteiger partial charge is 0.311 e. The summed E-state index contributed by atoms with van der Waals surface area (Å²) >= 11 is 0. The van der Waals surface area contributed by atoms with Gasteiger partial charge in [-0.3, -0.25) is 20.2 Å². The van der Waals surface area contributed by atoms with Crippen LogP contribution in [-0.2, 0) is 6.54 Å². The fourth-order valence-corrected chi connectivity index (χ4v) is 1.84. The van der Waals surface area contributed by atoms with Gasteiger partial charge < -0.3 is 5.32 Å². The van der Waals surface area contributed by atoms with Gasteiger partial charge in [0.2, 0.25) is 5.82 Å². The molecule has 0 radical (unpaired) electrons. The molecule has 8 heteroatoms. The molecule has 1 N–H and O–H groups in total. The van der Waals surface area contributed by atoms with Crippen LogP contribution in [-0.4, -0.2) is 14.8 Å². The molecule has 0 aliphatic heterocycles. The van der Waals surface area contributed by atoms with E-state index in [0.717, 1.165) is 0 Å². The summed E-state index contributed by atoms with van der Waals surface area (Å²) < 4.78 is 0. The number of aryl methyl sites for hydroxylation is 1. The van der Waals surface area contributed by atoms with E-state index in [0.29, 0.717) is 11.3 Å². The molecule has 108 valence electrons. The van der Waals surface area contributed by atoms with Gasteiger partial charge in [0.15, 0.2) is 0 Å². The van der Waals surface area contributed by atoms with Crippen molar-refractivity contribution in [2.24, 2.45) is 0 Å². The number of nitro groups is 2. The van der Waals surface area contributed by atoms with Crippen LogP contribution < -0.4 is 5.32 Å². The fraction of sp³-hybridized carbons (Fsp3) is 0.154. The molecule has 1 aromatic heterocycles. The minimum absolute atomic E-state index is 0.0414. The van der Waals surface area contributed by atoms with Crippen LogP contribution in [0, 0.1) is 27.2 Å². The largest absolute Gasteiger partial charge is 0.360 e. The van der Waals surface area contributed by atoms with Crippen LogP contribution in [0.15, 0.2) is 36.4 Å². The Bertz CT molecular complexity index is 702. The first-order valence-electron chi connectivity index (χ1n) is 6.07. The third-order valence-corrected chi connectivity index (χ3v) is 2.84. The number of benzene rings is 1. The summed E-state index contributed by atoms with van der Waals surface area (Å²) in [6, 6.07) is 9.09. The molecule has 0 atom stereocenters. The molecule has 2 rings (SSSR count). The predicted octanol–water partition coefficient (Wildman–Crippen LogP) is 2.82. The first kappa shape index (κ1) is 14.4. The van der Waals surface area contributed by atoms with Crippen molar-refractivity contribution < 1.29 is 9.85 Å². The average Bonchev–Trinajstić information content (AvgIpc) is 2.45. The number of hydrogen-bond acceptors (Lipinski definition) is 6. The van der Waals surface area contributed by atoms with E-state index in [-0.39, 0.29) is 23.7 Å². The second-order valence-electron chi connectivity index (χ2n) is 4.32. The second kappa shape index (κ2) is 5.95. The summed E-state index contributed by atoms with van der Waals surface area (Å²) in [5.41, 5.74) is 0.838. The van der Waals surface area contributed by atoms with Crippen molar-refractivity contribution in [2.45, 2.75) is 13.5 Å². The van der Waals surface area contributed by atoms with Gasteiger partial charge in [-0.05, 0) is 13.0 Å². The van der Waals surface area contributed by atoms with Crippen molar-refractivity contribution in [3.63, 3.8) is 0 Å². The molecule has 0 aliphatic carbocycles. The van der Waals surface area contributed by atoms with Gasteiger partial charge in [0, 0.05) is 29.9 Å². The van der Waals surface area contributed by atoms with Crippen LogP contribution in [0.2, 0.25) is 0 Å². The quantitative estimate of drug-likeness (QED) is 0.668. The first-order chi connectivity index (χ1) is 9.99. The van der Waals surface area contributed by atoms with Crippen LogP contribution in [0.4, 0.5) is 17.2 Å². The average molecular weight is 288 g/mol. The predicted molar refractivity (Wildman–Crippen MR) is 76.1 cm³/mol. The van der Waals surface area contributed by atoms with Gasteiger partial charge in [-0.1, -0.05) is 18.2 Å². The minimum atomic E-state index is -0.547. The zero-order valence-electron chi connectivity index (χ0n) is 11.1. The number of nitrogens with zero attached hydrogens (tertiary/aromatic N) is 3. The highest BCUT2D eigenvalue weighted by Gasteiger charge is 2.17. The molecule has 0 saturated heterocycles. The normalized spacial score (nSPS) is 10.1. The molecule has 0 spiro atoms. The van der Waals surface area contributed by atoms with Gasteiger partial charge in [0.1, 0.15) is 0 Å². The zero-order valence-corrected chi connectivity index (χ0v) is 11.1. The number of anilines is 1. The Morgan fingerprint density at radius 1 is 1.05 bits per heavy atom. The monoisotopic (exact) mass is 288 g/mol.